The summed E-state index contributed by atoms with van der Waals surface area (Å²) in [6.07, 6.45) is 0. The molecule has 6 nitrogen and oxygen atoms in total. The van der Waals surface area contributed by atoms with Crippen molar-refractivity contribution in [3.63, 3.8) is 0 Å². The highest BCUT2D eigenvalue weighted by Crippen LogP contribution is 2.24. The van der Waals surface area contributed by atoms with Crippen LogP contribution < -0.4 is 0 Å². The Morgan fingerprint density at radius 1 is 1.10 bits per heavy atom. The van der Waals surface area contributed by atoms with Crippen molar-refractivity contribution in [3.05, 3.63) is 34.3 Å². The van der Waals surface area contributed by atoms with Gasteiger partial charge in [-0.3, -0.25) is 4.79 Å². The average Bonchev–Trinajstić information content (AvgIpc) is 2.90. The van der Waals surface area contributed by atoms with E-state index < -0.39 is 0 Å². The second-order valence-corrected chi connectivity index (χ2v) is 5.26. The van der Waals surface area contributed by atoms with Crippen LogP contribution in [0.1, 0.15) is 39.1 Å². The van der Waals surface area contributed by atoms with Gasteiger partial charge >= 0.3 is 0 Å². The van der Waals surface area contributed by atoms with E-state index in [0.29, 0.717) is 24.4 Å². The predicted molar refractivity (Wildman–Crippen MR) is 72.4 cm³/mol. The Kier molecular flexibility index (Phi) is 2.88. The number of carbonyl (C=O) groups is 1. The van der Waals surface area contributed by atoms with E-state index in [9.17, 15) is 4.79 Å². The Balaban J connectivity index is 1.89. The first-order valence-corrected chi connectivity index (χ1v) is 6.73. The van der Waals surface area contributed by atoms with Crippen LogP contribution in [0.3, 0.4) is 0 Å². The lowest BCUT2D eigenvalue weighted by Crippen LogP contribution is -2.39. The summed E-state index contributed by atoms with van der Waals surface area (Å²) in [5.41, 5.74) is 1.61. The fraction of sp³-hybridized carbons (Fsp3) is 0.500. The van der Waals surface area contributed by atoms with Gasteiger partial charge in [-0.1, -0.05) is 0 Å². The van der Waals surface area contributed by atoms with E-state index in [4.69, 9.17) is 4.42 Å². The molecule has 0 atom stereocenters. The molecule has 0 bridgehead atoms. The van der Waals surface area contributed by atoms with Crippen molar-refractivity contribution in [2.24, 2.45) is 0 Å². The largest absolute Gasteiger partial charge is 0.466 e. The number of furan rings is 1. The van der Waals surface area contributed by atoms with Gasteiger partial charge in [0.2, 0.25) is 0 Å². The molecule has 0 unspecified atom stereocenters. The summed E-state index contributed by atoms with van der Waals surface area (Å²) in [7, 11) is 0. The lowest BCUT2D eigenvalue weighted by atomic mass is 10.1. The first-order valence-electron chi connectivity index (χ1n) is 6.73. The molecule has 1 aliphatic rings. The SMILES string of the molecule is Cc1oc(C)c(C(=O)N2CCn3c(C)nnc3C2)c1C. The maximum atomic E-state index is 12.7. The molecule has 0 saturated carbocycles. The molecular formula is C14H18N4O2. The molecule has 106 valence electrons. The number of aromatic nitrogens is 3. The number of carbonyl (C=O) groups excluding carboxylic acids is 1. The zero-order valence-electron chi connectivity index (χ0n) is 12.2. The molecule has 3 heterocycles. The van der Waals surface area contributed by atoms with E-state index in [-0.39, 0.29) is 5.91 Å². The van der Waals surface area contributed by atoms with Crippen LogP contribution in [-0.4, -0.2) is 32.1 Å². The second kappa shape index (κ2) is 4.47. The van der Waals surface area contributed by atoms with Crippen LogP contribution in [0, 0.1) is 27.7 Å². The van der Waals surface area contributed by atoms with Crippen molar-refractivity contribution >= 4 is 5.91 Å². The van der Waals surface area contributed by atoms with Gasteiger partial charge in [0.15, 0.2) is 5.82 Å². The van der Waals surface area contributed by atoms with E-state index in [1.165, 1.54) is 0 Å². The van der Waals surface area contributed by atoms with Gasteiger partial charge < -0.3 is 13.9 Å². The molecule has 1 aliphatic heterocycles. The summed E-state index contributed by atoms with van der Waals surface area (Å²) in [5, 5.41) is 8.19. The van der Waals surface area contributed by atoms with Crippen molar-refractivity contribution in [1.82, 2.24) is 19.7 Å². The van der Waals surface area contributed by atoms with E-state index in [1.54, 1.807) is 0 Å². The van der Waals surface area contributed by atoms with E-state index in [2.05, 4.69) is 14.8 Å². The zero-order chi connectivity index (χ0) is 14.4. The number of fused-ring (bicyclic) bond motifs is 1. The molecule has 0 radical (unpaired) electrons. The molecule has 0 fully saturated rings. The van der Waals surface area contributed by atoms with Crippen LogP contribution in [0.5, 0.6) is 0 Å². The number of hydrogen-bond acceptors (Lipinski definition) is 4. The third-order valence-corrected chi connectivity index (χ3v) is 4.00. The maximum Gasteiger partial charge on any atom is 0.258 e. The number of hydrogen-bond donors (Lipinski definition) is 0. The van der Waals surface area contributed by atoms with E-state index >= 15 is 0 Å². The smallest absolute Gasteiger partial charge is 0.258 e. The third kappa shape index (κ3) is 1.83. The van der Waals surface area contributed by atoms with Crippen molar-refractivity contribution in [3.8, 4) is 0 Å². The van der Waals surface area contributed by atoms with Crippen LogP contribution >= 0.6 is 0 Å². The summed E-state index contributed by atoms with van der Waals surface area (Å²) >= 11 is 0. The molecular weight excluding hydrogens is 256 g/mol. The summed E-state index contributed by atoms with van der Waals surface area (Å²) < 4.78 is 7.61. The molecule has 3 rings (SSSR count). The number of amides is 1. The number of nitrogens with zero attached hydrogens (tertiary/aromatic N) is 4. The molecule has 2 aromatic rings. The van der Waals surface area contributed by atoms with Crippen LogP contribution in [0.2, 0.25) is 0 Å². The third-order valence-electron chi connectivity index (χ3n) is 4.00. The highest BCUT2D eigenvalue weighted by molar-refractivity contribution is 5.96. The molecule has 0 saturated heterocycles. The van der Waals surface area contributed by atoms with Crippen LogP contribution in [0.15, 0.2) is 4.42 Å². The van der Waals surface area contributed by atoms with Crippen molar-refractivity contribution < 1.29 is 9.21 Å². The highest BCUT2D eigenvalue weighted by Gasteiger charge is 2.28. The maximum absolute atomic E-state index is 12.7. The minimum absolute atomic E-state index is 0.0174. The van der Waals surface area contributed by atoms with Gasteiger partial charge in [0.05, 0.1) is 12.1 Å². The Bertz CT molecular complexity index is 684. The summed E-state index contributed by atoms with van der Waals surface area (Å²) in [6.45, 7) is 9.50. The standard InChI is InChI=1S/C14H18N4O2/c1-8-9(2)20-10(3)13(8)14(19)17-5-6-18-11(4)15-16-12(18)7-17/h5-7H2,1-4H3. The zero-order valence-corrected chi connectivity index (χ0v) is 12.2. The van der Waals surface area contributed by atoms with E-state index in [1.807, 2.05) is 32.6 Å². The van der Waals surface area contributed by atoms with Crippen molar-refractivity contribution in [1.29, 1.82) is 0 Å². The molecule has 6 heteroatoms. The first-order chi connectivity index (χ1) is 9.49. The van der Waals surface area contributed by atoms with Gasteiger partial charge in [0, 0.05) is 18.7 Å². The fourth-order valence-corrected chi connectivity index (χ4v) is 2.74. The minimum atomic E-state index is 0.0174. The van der Waals surface area contributed by atoms with Crippen LogP contribution in [0.4, 0.5) is 0 Å². The van der Waals surface area contributed by atoms with Crippen molar-refractivity contribution in [2.75, 3.05) is 6.54 Å². The average molecular weight is 274 g/mol. The Morgan fingerprint density at radius 2 is 1.85 bits per heavy atom. The van der Waals surface area contributed by atoms with E-state index in [0.717, 1.165) is 29.5 Å². The van der Waals surface area contributed by atoms with Crippen LogP contribution in [0.25, 0.3) is 0 Å². The summed E-state index contributed by atoms with van der Waals surface area (Å²) in [6, 6.07) is 0. The van der Waals surface area contributed by atoms with Crippen molar-refractivity contribution in [2.45, 2.75) is 40.8 Å². The van der Waals surface area contributed by atoms with Crippen LogP contribution in [-0.2, 0) is 13.1 Å². The van der Waals surface area contributed by atoms with Gasteiger partial charge in [0.25, 0.3) is 5.91 Å². The lowest BCUT2D eigenvalue weighted by molar-refractivity contribution is 0.0704. The topological polar surface area (TPSA) is 64.2 Å². The minimum Gasteiger partial charge on any atom is -0.466 e. The predicted octanol–water partition coefficient (Wildman–Crippen LogP) is 1.76. The van der Waals surface area contributed by atoms with Gasteiger partial charge in [-0.05, 0) is 27.7 Å². The summed E-state index contributed by atoms with van der Waals surface area (Å²) in [4.78, 5) is 14.5. The number of aryl methyl sites for hydroxylation is 3. The second-order valence-electron chi connectivity index (χ2n) is 5.26. The molecule has 0 N–H and O–H groups in total. The molecule has 0 aromatic carbocycles. The molecule has 20 heavy (non-hydrogen) atoms. The fourth-order valence-electron chi connectivity index (χ4n) is 2.74. The van der Waals surface area contributed by atoms with Gasteiger partial charge in [-0.15, -0.1) is 10.2 Å². The van der Waals surface area contributed by atoms with Gasteiger partial charge in [-0.25, -0.2) is 0 Å². The monoisotopic (exact) mass is 274 g/mol. The highest BCUT2D eigenvalue weighted by atomic mass is 16.3. The lowest BCUT2D eigenvalue weighted by Gasteiger charge is -2.27. The Morgan fingerprint density at radius 3 is 2.50 bits per heavy atom. The number of rotatable bonds is 1. The quantitative estimate of drug-likeness (QED) is 0.795. The first kappa shape index (κ1) is 12.9. The van der Waals surface area contributed by atoms with Gasteiger partial charge in [0.1, 0.15) is 17.3 Å². The normalized spacial score (nSPS) is 14.5. The Labute approximate surface area is 117 Å². The molecule has 0 aliphatic carbocycles. The van der Waals surface area contributed by atoms with Gasteiger partial charge in [-0.2, -0.15) is 0 Å². The molecule has 1 amide bonds. The Hall–Kier alpha value is -2.11. The molecule has 0 spiro atoms. The molecule has 2 aromatic heterocycles. The summed E-state index contributed by atoms with van der Waals surface area (Å²) in [5.74, 6) is 3.26.